The molecule has 19 heavy (non-hydrogen) atoms. The maximum atomic E-state index is 6.04. The fraction of sp³-hybridized carbons (Fsp3) is 0.357. The van der Waals surface area contributed by atoms with E-state index < -0.39 is 0 Å². The molecule has 1 aromatic carbocycles. The predicted octanol–water partition coefficient (Wildman–Crippen LogP) is 3.48. The Kier molecular flexibility index (Phi) is 4.06. The lowest BCUT2D eigenvalue weighted by Gasteiger charge is -2.23. The second kappa shape index (κ2) is 5.94. The lowest BCUT2D eigenvalue weighted by atomic mass is 10.3. The molecule has 3 nitrogen and oxygen atoms in total. The first-order chi connectivity index (χ1) is 9.36. The highest BCUT2D eigenvalue weighted by atomic mass is 32.2. The summed E-state index contributed by atoms with van der Waals surface area (Å²) in [5.41, 5.74) is 1.11. The summed E-state index contributed by atoms with van der Waals surface area (Å²) in [4.78, 5) is 5.89. The Morgan fingerprint density at radius 2 is 2.32 bits per heavy atom. The van der Waals surface area contributed by atoms with E-state index in [0.29, 0.717) is 0 Å². The number of hydrogen-bond donors (Lipinski definition) is 1. The Labute approximate surface area is 121 Å². The standard InChI is InChI=1S/C14H16N2OS2/c1-2-15-7-10-8-19-14(16-10)12-9-18-13-6-4-3-5-11(13)17-12/h3-6,8,12,15H,2,7,9H2,1H3. The average Bonchev–Trinajstić information content (AvgIpc) is 2.93. The van der Waals surface area contributed by atoms with E-state index in [0.717, 1.165) is 35.3 Å². The van der Waals surface area contributed by atoms with Crippen LogP contribution in [0.4, 0.5) is 0 Å². The van der Waals surface area contributed by atoms with Crippen LogP contribution in [0.15, 0.2) is 34.5 Å². The van der Waals surface area contributed by atoms with Crippen molar-refractivity contribution in [3.63, 3.8) is 0 Å². The molecule has 0 spiro atoms. The SMILES string of the molecule is CCNCc1csc(C2CSc3ccccc3O2)n1. The van der Waals surface area contributed by atoms with Crippen LogP contribution in [-0.2, 0) is 6.54 Å². The highest BCUT2D eigenvalue weighted by molar-refractivity contribution is 7.99. The minimum Gasteiger partial charge on any atom is -0.481 e. The van der Waals surface area contributed by atoms with Crippen LogP contribution in [0.3, 0.4) is 0 Å². The summed E-state index contributed by atoms with van der Waals surface area (Å²) < 4.78 is 6.04. The number of ether oxygens (including phenoxy) is 1. The van der Waals surface area contributed by atoms with Crippen LogP contribution in [0, 0.1) is 0 Å². The summed E-state index contributed by atoms with van der Waals surface area (Å²) in [6.07, 6.45) is 0.0836. The Balaban J connectivity index is 1.72. The number of nitrogens with zero attached hydrogens (tertiary/aromatic N) is 1. The summed E-state index contributed by atoms with van der Waals surface area (Å²) in [5.74, 6) is 1.91. The van der Waals surface area contributed by atoms with Crippen molar-refractivity contribution in [3.8, 4) is 5.75 Å². The van der Waals surface area contributed by atoms with Crippen LogP contribution in [0.1, 0.15) is 23.7 Å². The summed E-state index contributed by atoms with van der Waals surface area (Å²) in [5, 5.41) is 6.49. The second-order valence-electron chi connectivity index (χ2n) is 4.32. The molecule has 1 unspecified atom stereocenters. The summed E-state index contributed by atoms with van der Waals surface area (Å²) in [7, 11) is 0. The van der Waals surface area contributed by atoms with Crippen LogP contribution in [0.5, 0.6) is 5.75 Å². The number of rotatable bonds is 4. The molecule has 1 atom stereocenters. The molecule has 0 aliphatic carbocycles. The first-order valence-electron chi connectivity index (χ1n) is 6.40. The molecule has 2 heterocycles. The first kappa shape index (κ1) is 13.0. The Morgan fingerprint density at radius 1 is 1.42 bits per heavy atom. The lowest BCUT2D eigenvalue weighted by molar-refractivity contribution is 0.219. The van der Waals surface area contributed by atoms with Gasteiger partial charge in [0.15, 0.2) is 6.10 Å². The van der Waals surface area contributed by atoms with Crippen molar-refractivity contribution >= 4 is 23.1 Å². The van der Waals surface area contributed by atoms with Gasteiger partial charge in [0.25, 0.3) is 0 Å². The number of aromatic nitrogens is 1. The number of fused-ring (bicyclic) bond motifs is 1. The zero-order valence-electron chi connectivity index (χ0n) is 10.8. The quantitative estimate of drug-likeness (QED) is 0.935. The van der Waals surface area contributed by atoms with Crippen LogP contribution in [0.2, 0.25) is 0 Å². The Morgan fingerprint density at radius 3 is 3.21 bits per heavy atom. The molecule has 0 saturated heterocycles. The van der Waals surface area contributed by atoms with Crippen LogP contribution in [0.25, 0.3) is 0 Å². The molecule has 5 heteroatoms. The van der Waals surface area contributed by atoms with Crippen molar-refractivity contribution in [2.45, 2.75) is 24.5 Å². The number of thiazole rings is 1. The van der Waals surface area contributed by atoms with Crippen molar-refractivity contribution in [2.75, 3.05) is 12.3 Å². The van der Waals surface area contributed by atoms with Crippen molar-refractivity contribution in [2.24, 2.45) is 0 Å². The first-order valence-corrected chi connectivity index (χ1v) is 8.27. The van der Waals surface area contributed by atoms with Crippen molar-refractivity contribution in [3.05, 3.63) is 40.3 Å². The van der Waals surface area contributed by atoms with Gasteiger partial charge in [0.1, 0.15) is 10.8 Å². The third-order valence-corrected chi connectivity index (χ3v) is 5.01. The second-order valence-corrected chi connectivity index (χ2v) is 6.27. The molecule has 3 rings (SSSR count). The molecule has 0 radical (unpaired) electrons. The van der Waals surface area contributed by atoms with Crippen LogP contribution < -0.4 is 10.1 Å². The summed E-state index contributed by atoms with van der Waals surface area (Å²) in [6, 6.07) is 8.20. The summed E-state index contributed by atoms with van der Waals surface area (Å²) in [6.45, 7) is 3.91. The topological polar surface area (TPSA) is 34.1 Å². The zero-order valence-corrected chi connectivity index (χ0v) is 12.4. The monoisotopic (exact) mass is 292 g/mol. The molecule has 0 fully saturated rings. The molecule has 2 aromatic rings. The van der Waals surface area contributed by atoms with Gasteiger partial charge in [-0.15, -0.1) is 23.1 Å². The van der Waals surface area contributed by atoms with Gasteiger partial charge < -0.3 is 10.1 Å². The van der Waals surface area contributed by atoms with Crippen molar-refractivity contribution in [1.29, 1.82) is 0 Å². The molecular formula is C14H16N2OS2. The fourth-order valence-corrected chi connectivity index (χ4v) is 3.89. The third kappa shape index (κ3) is 2.94. The Hall–Kier alpha value is -1.04. The number of hydrogen-bond acceptors (Lipinski definition) is 5. The lowest BCUT2D eigenvalue weighted by Crippen LogP contribution is -2.15. The van der Waals surface area contributed by atoms with Crippen molar-refractivity contribution in [1.82, 2.24) is 10.3 Å². The highest BCUT2D eigenvalue weighted by Gasteiger charge is 2.24. The van der Waals surface area contributed by atoms with Gasteiger partial charge in [-0.3, -0.25) is 0 Å². The van der Waals surface area contributed by atoms with Gasteiger partial charge in [0.2, 0.25) is 0 Å². The molecular weight excluding hydrogens is 276 g/mol. The van der Waals surface area contributed by atoms with E-state index in [2.05, 4.69) is 28.7 Å². The number of para-hydroxylation sites is 1. The smallest absolute Gasteiger partial charge is 0.159 e. The van der Waals surface area contributed by atoms with E-state index in [1.165, 1.54) is 4.90 Å². The van der Waals surface area contributed by atoms with E-state index in [4.69, 9.17) is 4.74 Å². The van der Waals surface area contributed by atoms with E-state index in [1.807, 2.05) is 30.0 Å². The molecule has 1 aliphatic heterocycles. The van der Waals surface area contributed by atoms with E-state index in [9.17, 15) is 0 Å². The van der Waals surface area contributed by atoms with Gasteiger partial charge in [0, 0.05) is 22.6 Å². The third-order valence-electron chi connectivity index (χ3n) is 2.91. The molecule has 0 bridgehead atoms. The maximum absolute atomic E-state index is 6.04. The van der Waals surface area contributed by atoms with Gasteiger partial charge in [-0.25, -0.2) is 4.98 Å². The van der Waals surface area contributed by atoms with Gasteiger partial charge in [-0.2, -0.15) is 0 Å². The van der Waals surface area contributed by atoms with Crippen molar-refractivity contribution < 1.29 is 4.74 Å². The molecule has 0 amide bonds. The van der Waals surface area contributed by atoms with Gasteiger partial charge in [0.05, 0.1) is 5.69 Å². The average molecular weight is 292 g/mol. The predicted molar refractivity (Wildman–Crippen MR) is 80.0 cm³/mol. The molecule has 100 valence electrons. The van der Waals surface area contributed by atoms with E-state index >= 15 is 0 Å². The molecule has 1 aromatic heterocycles. The normalized spacial score (nSPS) is 17.8. The minimum atomic E-state index is 0.0836. The molecule has 1 aliphatic rings. The Bertz CT molecular complexity index is 556. The number of nitrogens with one attached hydrogen (secondary N) is 1. The molecule has 0 saturated carbocycles. The fourth-order valence-electron chi connectivity index (χ4n) is 1.95. The number of thioether (sulfide) groups is 1. The van der Waals surface area contributed by atoms with E-state index in [-0.39, 0.29) is 6.10 Å². The largest absolute Gasteiger partial charge is 0.481 e. The minimum absolute atomic E-state index is 0.0836. The summed E-state index contributed by atoms with van der Waals surface area (Å²) >= 11 is 3.54. The molecule has 1 N–H and O–H groups in total. The number of benzene rings is 1. The van der Waals surface area contributed by atoms with Gasteiger partial charge >= 0.3 is 0 Å². The van der Waals surface area contributed by atoms with Crippen LogP contribution in [-0.4, -0.2) is 17.3 Å². The van der Waals surface area contributed by atoms with Gasteiger partial charge in [-0.1, -0.05) is 19.1 Å². The zero-order chi connectivity index (χ0) is 13.1. The highest BCUT2D eigenvalue weighted by Crippen LogP contribution is 2.40. The van der Waals surface area contributed by atoms with E-state index in [1.54, 1.807) is 11.3 Å². The maximum Gasteiger partial charge on any atom is 0.159 e. The van der Waals surface area contributed by atoms with Gasteiger partial charge in [-0.05, 0) is 18.7 Å². The van der Waals surface area contributed by atoms with Crippen LogP contribution >= 0.6 is 23.1 Å².